The van der Waals surface area contributed by atoms with Crippen LogP contribution in [0.15, 0.2) is 43.0 Å². The van der Waals surface area contributed by atoms with Crippen LogP contribution in [-0.4, -0.2) is 85.4 Å². The zero-order valence-electron chi connectivity index (χ0n) is 18.1. The number of hydrogen-bond acceptors (Lipinski definition) is 7. The second-order valence-corrected chi connectivity index (χ2v) is 7.30. The van der Waals surface area contributed by atoms with Gasteiger partial charge in [0, 0.05) is 37.9 Å². The van der Waals surface area contributed by atoms with Crippen LogP contribution in [0.4, 0.5) is 32.3 Å². The normalized spacial score (nSPS) is 18.8. The lowest BCUT2D eigenvalue weighted by atomic mass is 10.1. The predicted molar refractivity (Wildman–Crippen MR) is 109 cm³/mol. The quantitative estimate of drug-likeness (QED) is 0.569. The molecule has 2 aromatic heterocycles. The Kier molecular flexibility index (Phi) is 9.13. The first-order chi connectivity index (χ1) is 16.7. The molecule has 2 aromatic rings. The van der Waals surface area contributed by atoms with E-state index in [1.54, 1.807) is 30.9 Å². The van der Waals surface area contributed by atoms with Gasteiger partial charge < -0.3 is 20.0 Å². The fourth-order valence-corrected chi connectivity index (χ4v) is 3.58. The molecule has 36 heavy (non-hydrogen) atoms. The molecule has 0 saturated carbocycles. The maximum absolute atomic E-state index is 12.7. The van der Waals surface area contributed by atoms with Gasteiger partial charge in [0.1, 0.15) is 0 Å². The highest BCUT2D eigenvalue weighted by atomic mass is 19.4. The first kappa shape index (κ1) is 28.3. The molecular weight excluding hydrogens is 504 g/mol. The fourth-order valence-electron chi connectivity index (χ4n) is 3.58. The van der Waals surface area contributed by atoms with Gasteiger partial charge in [-0.25, -0.2) is 19.6 Å². The van der Waals surface area contributed by atoms with Crippen LogP contribution in [0.5, 0.6) is 0 Å². The molecule has 196 valence electrons. The Morgan fingerprint density at radius 2 is 1.36 bits per heavy atom. The van der Waals surface area contributed by atoms with E-state index in [0.717, 1.165) is 31.9 Å². The molecule has 2 N–H and O–H groups in total. The van der Waals surface area contributed by atoms with Crippen LogP contribution in [0, 0.1) is 0 Å². The molecule has 0 spiro atoms. The second-order valence-electron chi connectivity index (χ2n) is 7.30. The Labute approximate surface area is 199 Å². The standard InChI is InChI=1S/C16H17N5O.2C2HF3O2/c22-15(12-3-1-6-17-11-12)20-9-4-14-13(20)5-10-21(14)16-18-7-2-8-19-16;2*3-2(4,5)1(6)7/h1-3,6-8,11,13-14H,4-5,9-10H2;2*(H,6,7)/t13-,14+;;/m1../s1. The number of fused-ring (bicyclic) bond motifs is 1. The van der Waals surface area contributed by atoms with E-state index in [-0.39, 0.29) is 11.9 Å². The Morgan fingerprint density at radius 1 is 0.833 bits per heavy atom. The minimum Gasteiger partial charge on any atom is -0.475 e. The number of nitrogens with zero attached hydrogens (tertiary/aromatic N) is 5. The van der Waals surface area contributed by atoms with Crippen molar-refractivity contribution in [1.29, 1.82) is 0 Å². The smallest absolute Gasteiger partial charge is 0.475 e. The number of rotatable bonds is 2. The third-order valence-corrected chi connectivity index (χ3v) is 5.04. The number of amides is 1. The molecule has 0 aliphatic carbocycles. The summed E-state index contributed by atoms with van der Waals surface area (Å²) >= 11 is 0. The number of aliphatic carboxylic acids is 2. The predicted octanol–water partition coefficient (Wildman–Crippen LogP) is 2.63. The van der Waals surface area contributed by atoms with Crippen LogP contribution in [-0.2, 0) is 9.59 Å². The monoisotopic (exact) mass is 523 g/mol. The Balaban J connectivity index is 0.000000271. The first-order valence-electron chi connectivity index (χ1n) is 10.1. The minimum absolute atomic E-state index is 0.0800. The van der Waals surface area contributed by atoms with Crippen LogP contribution in [0.2, 0.25) is 0 Å². The van der Waals surface area contributed by atoms with Crippen LogP contribution >= 0.6 is 0 Å². The van der Waals surface area contributed by atoms with Gasteiger partial charge in [0.15, 0.2) is 0 Å². The molecule has 2 atom stereocenters. The summed E-state index contributed by atoms with van der Waals surface area (Å²) < 4.78 is 63.5. The molecule has 2 aliphatic heterocycles. The maximum Gasteiger partial charge on any atom is 0.490 e. The SMILES string of the molecule is O=C(O)C(F)(F)F.O=C(O)C(F)(F)F.O=C(c1cccnc1)N1CC[C@H]2[C@H]1CCN2c1ncccn1. The lowest BCUT2D eigenvalue weighted by Gasteiger charge is -2.25. The Bertz CT molecular complexity index is 1010. The van der Waals surface area contributed by atoms with E-state index in [4.69, 9.17) is 19.8 Å². The minimum atomic E-state index is -5.08. The van der Waals surface area contributed by atoms with Crippen molar-refractivity contribution in [3.05, 3.63) is 48.5 Å². The number of alkyl halides is 6. The van der Waals surface area contributed by atoms with E-state index in [1.807, 2.05) is 17.0 Å². The molecule has 2 aliphatic rings. The molecule has 0 radical (unpaired) electrons. The van der Waals surface area contributed by atoms with Crippen LogP contribution < -0.4 is 4.90 Å². The third kappa shape index (κ3) is 7.51. The largest absolute Gasteiger partial charge is 0.490 e. The number of pyridine rings is 1. The highest BCUT2D eigenvalue weighted by Crippen LogP contribution is 2.34. The van der Waals surface area contributed by atoms with Crippen molar-refractivity contribution in [2.24, 2.45) is 0 Å². The van der Waals surface area contributed by atoms with Gasteiger partial charge in [-0.15, -0.1) is 0 Å². The van der Waals surface area contributed by atoms with Gasteiger partial charge in [0.2, 0.25) is 5.95 Å². The second kappa shape index (κ2) is 11.6. The van der Waals surface area contributed by atoms with Crippen molar-refractivity contribution in [3.8, 4) is 0 Å². The van der Waals surface area contributed by atoms with Gasteiger partial charge >= 0.3 is 24.3 Å². The van der Waals surface area contributed by atoms with Crippen molar-refractivity contribution >= 4 is 23.8 Å². The van der Waals surface area contributed by atoms with Crippen molar-refractivity contribution < 1.29 is 50.9 Å². The van der Waals surface area contributed by atoms with Crippen molar-refractivity contribution in [2.45, 2.75) is 37.3 Å². The van der Waals surface area contributed by atoms with Crippen LogP contribution in [0.3, 0.4) is 0 Å². The molecule has 0 bridgehead atoms. The molecule has 4 heterocycles. The Hall–Kier alpha value is -3.98. The molecule has 0 aromatic carbocycles. The highest BCUT2D eigenvalue weighted by Gasteiger charge is 2.45. The molecule has 0 unspecified atom stereocenters. The number of aromatic nitrogens is 3. The summed E-state index contributed by atoms with van der Waals surface area (Å²) in [7, 11) is 0. The van der Waals surface area contributed by atoms with Crippen LogP contribution in [0.25, 0.3) is 0 Å². The van der Waals surface area contributed by atoms with Crippen molar-refractivity contribution in [1.82, 2.24) is 19.9 Å². The van der Waals surface area contributed by atoms with Gasteiger partial charge in [-0.1, -0.05) is 0 Å². The maximum atomic E-state index is 12.7. The lowest BCUT2D eigenvalue weighted by Crippen LogP contribution is -2.40. The summed E-state index contributed by atoms with van der Waals surface area (Å²) in [6.45, 7) is 1.68. The number of carboxylic acids is 2. The number of carbonyl (C=O) groups excluding carboxylic acids is 1. The zero-order valence-corrected chi connectivity index (χ0v) is 18.1. The molecule has 1 amide bonds. The number of hydrogen-bond donors (Lipinski definition) is 2. The number of likely N-dealkylation sites (tertiary alicyclic amines) is 1. The van der Waals surface area contributed by atoms with E-state index in [9.17, 15) is 31.1 Å². The van der Waals surface area contributed by atoms with Crippen LogP contribution in [0.1, 0.15) is 23.2 Å². The summed E-state index contributed by atoms with van der Waals surface area (Å²) in [5.41, 5.74) is 0.664. The Morgan fingerprint density at radius 3 is 1.83 bits per heavy atom. The fraction of sp³-hybridized carbons (Fsp3) is 0.400. The lowest BCUT2D eigenvalue weighted by molar-refractivity contribution is -0.193. The zero-order chi connectivity index (χ0) is 27.1. The average molecular weight is 523 g/mol. The average Bonchev–Trinajstić information content (AvgIpc) is 3.42. The van der Waals surface area contributed by atoms with Gasteiger partial charge in [0.05, 0.1) is 17.6 Å². The third-order valence-electron chi connectivity index (χ3n) is 5.04. The van der Waals surface area contributed by atoms with Crippen molar-refractivity contribution in [3.63, 3.8) is 0 Å². The van der Waals surface area contributed by atoms with Gasteiger partial charge in [-0.05, 0) is 31.0 Å². The summed E-state index contributed by atoms with van der Waals surface area (Å²) in [6, 6.07) is 6.03. The summed E-state index contributed by atoms with van der Waals surface area (Å²) in [6.07, 6.45) is -1.37. The van der Waals surface area contributed by atoms with Crippen molar-refractivity contribution in [2.75, 3.05) is 18.0 Å². The van der Waals surface area contributed by atoms with E-state index < -0.39 is 24.3 Å². The molecule has 2 saturated heterocycles. The van der Waals surface area contributed by atoms with E-state index in [0.29, 0.717) is 11.6 Å². The number of carboxylic acid groups (broad SMARTS) is 2. The first-order valence-corrected chi connectivity index (χ1v) is 10.1. The van der Waals surface area contributed by atoms with E-state index >= 15 is 0 Å². The van der Waals surface area contributed by atoms with Gasteiger partial charge in [0.25, 0.3) is 5.91 Å². The molecule has 16 heteroatoms. The highest BCUT2D eigenvalue weighted by molar-refractivity contribution is 5.94. The topological polar surface area (TPSA) is 137 Å². The molecule has 4 rings (SSSR count). The van der Waals surface area contributed by atoms with E-state index in [2.05, 4.69) is 19.9 Å². The molecule has 10 nitrogen and oxygen atoms in total. The summed E-state index contributed by atoms with van der Waals surface area (Å²) in [5.74, 6) is -4.66. The van der Waals surface area contributed by atoms with E-state index in [1.165, 1.54) is 0 Å². The molecular formula is C20H19F6N5O5. The number of carbonyl (C=O) groups is 3. The van der Waals surface area contributed by atoms with Gasteiger partial charge in [-0.2, -0.15) is 26.3 Å². The molecule has 2 fully saturated rings. The summed E-state index contributed by atoms with van der Waals surface area (Å²) in [4.78, 5) is 47.4. The number of anilines is 1. The summed E-state index contributed by atoms with van der Waals surface area (Å²) in [5, 5.41) is 14.2. The number of halogens is 6. The van der Waals surface area contributed by atoms with Gasteiger partial charge in [-0.3, -0.25) is 9.78 Å².